The molecule has 0 amide bonds. The van der Waals surface area contributed by atoms with Crippen LogP contribution in [0.2, 0.25) is 5.02 Å². The van der Waals surface area contributed by atoms with Crippen LogP contribution < -0.4 is 15.4 Å². The summed E-state index contributed by atoms with van der Waals surface area (Å²) < 4.78 is 5.77. The van der Waals surface area contributed by atoms with Crippen LogP contribution >= 0.6 is 11.6 Å². The summed E-state index contributed by atoms with van der Waals surface area (Å²) in [7, 11) is 0. The van der Waals surface area contributed by atoms with Gasteiger partial charge in [-0.05, 0) is 67.1 Å². The van der Waals surface area contributed by atoms with Gasteiger partial charge in [-0.1, -0.05) is 29.8 Å². The van der Waals surface area contributed by atoms with E-state index in [1.165, 1.54) is 6.33 Å². The van der Waals surface area contributed by atoms with E-state index in [-0.39, 0.29) is 17.3 Å². The first kappa shape index (κ1) is 21.1. The van der Waals surface area contributed by atoms with Gasteiger partial charge < -0.3 is 15.4 Å². The van der Waals surface area contributed by atoms with Crippen LogP contribution in [-0.2, 0) is 0 Å². The zero-order valence-corrected chi connectivity index (χ0v) is 17.7. The van der Waals surface area contributed by atoms with Crippen LogP contribution in [0.5, 0.6) is 11.5 Å². The van der Waals surface area contributed by atoms with Crippen molar-refractivity contribution in [3.8, 4) is 11.5 Å². The van der Waals surface area contributed by atoms with Gasteiger partial charge in [0.1, 0.15) is 17.8 Å². The fourth-order valence-corrected chi connectivity index (χ4v) is 3.22. The van der Waals surface area contributed by atoms with E-state index in [2.05, 4.69) is 20.6 Å². The molecule has 0 aliphatic rings. The van der Waals surface area contributed by atoms with E-state index in [1.54, 1.807) is 42.5 Å². The molecule has 0 saturated carbocycles. The Morgan fingerprint density at radius 3 is 2.22 bits per heavy atom. The number of aromatic nitrogens is 2. The van der Waals surface area contributed by atoms with Gasteiger partial charge in [-0.3, -0.25) is 10.1 Å². The number of hydrogen-bond acceptors (Lipinski definition) is 7. The molecule has 0 atom stereocenters. The van der Waals surface area contributed by atoms with E-state index < -0.39 is 4.92 Å². The summed E-state index contributed by atoms with van der Waals surface area (Å²) in [6, 6.07) is 21.6. The smallest absolute Gasteiger partial charge is 0.353 e. The molecule has 1 heterocycles. The molecule has 2 N–H and O–H groups in total. The topological polar surface area (TPSA) is 102 Å². The third-order valence-corrected chi connectivity index (χ3v) is 4.78. The number of rotatable bonds is 7. The van der Waals surface area contributed by atoms with Crippen LogP contribution in [0.1, 0.15) is 5.56 Å². The molecule has 0 fully saturated rings. The van der Waals surface area contributed by atoms with E-state index in [0.29, 0.717) is 27.9 Å². The maximum atomic E-state index is 11.8. The van der Waals surface area contributed by atoms with Gasteiger partial charge in [0.2, 0.25) is 11.6 Å². The predicted molar refractivity (Wildman–Crippen MR) is 124 cm³/mol. The lowest BCUT2D eigenvalue weighted by Gasteiger charge is -2.12. The third-order valence-electron chi connectivity index (χ3n) is 4.54. The maximum absolute atomic E-state index is 11.8. The maximum Gasteiger partial charge on any atom is 0.353 e. The van der Waals surface area contributed by atoms with Crippen molar-refractivity contribution in [3.05, 3.63) is 99.8 Å². The third kappa shape index (κ3) is 4.93. The molecular formula is C23H18ClN5O3. The van der Waals surface area contributed by atoms with Crippen molar-refractivity contribution in [3.63, 3.8) is 0 Å². The van der Waals surface area contributed by atoms with Crippen molar-refractivity contribution >= 4 is 40.3 Å². The quantitative estimate of drug-likeness (QED) is 0.242. The molecule has 160 valence electrons. The van der Waals surface area contributed by atoms with Gasteiger partial charge >= 0.3 is 5.69 Å². The molecule has 1 aromatic heterocycles. The summed E-state index contributed by atoms with van der Waals surface area (Å²) in [5.41, 5.74) is 1.82. The second-order valence-electron chi connectivity index (χ2n) is 6.83. The average Bonchev–Trinajstić information content (AvgIpc) is 2.78. The number of nitrogens with zero attached hydrogens (tertiary/aromatic N) is 3. The molecule has 0 aliphatic heterocycles. The number of para-hydroxylation sites is 1. The minimum absolute atomic E-state index is 0.0656. The largest absolute Gasteiger partial charge is 0.457 e. The van der Waals surface area contributed by atoms with Crippen molar-refractivity contribution in [1.82, 2.24) is 9.97 Å². The molecule has 0 radical (unpaired) electrons. The number of benzene rings is 3. The van der Waals surface area contributed by atoms with Crippen LogP contribution in [0.15, 0.2) is 79.1 Å². The zero-order chi connectivity index (χ0) is 22.5. The van der Waals surface area contributed by atoms with Crippen LogP contribution in [0.3, 0.4) is 0 Å². The van der Waals surface area contributed by atoms with Crippen LogP contribution in [0, 0.1) is 17.0 Å². The molecule has 4 aromatic rings. The number of aryl methyl sites for hydroxylation is 1. The van der Waals surface area contributed by atoms with E-state index in [4.69, 9.17) is 16.3 Å². The summed E-state index contributed by atoms with van der Waals surface area (Å²) in [6.45, 7) is 1.85. The summed E-state index contributed by atoms with van der Waals surface area (Å²) in [6.07, 6.45) is 1.26. The Morgan fingerprint density at radius 2 is 1.56 bits per heavy atom. The summed E-state index contributed by atoms with van der Waals surface area (Å²) in [4.78, 5) is 19.4. The zero-order valence-electron chi connectivity index (χ0n) is 16.9. The van der Waals surface area contributed by atoms with Gasteiger partial charge in [-0.2, -0.15) is 0 Å². The summed E-state index contributed by atoms with van der Waals surface area (Å²) in [5.74, 6) is 1.49. The Labute approximate surface area is 189 Å². The highest BCUT2D eigenvalue weighted by Gasteiger charge is 2.23. The van der Waals surface area contributed by atoms with Gasteiger partial charge in [0, 0.05) is 16.4 Å². The first-order valence-corrected chi connectivity index (χ1v) is 10.00. The van der Waals surface area contributed by atoms with Gasteiger partial charge in [0.25, 0.3) is 0 Å². The molecule has 0 aliphatic carbocycles. The van der Waals surface area contributed by atoms with Crippen molar-refractivity contribution < 1.29 is 9.66 Å². The number of ether oxygens (including phenoxy) is 1. The number of halogens is 1. The molecule has 32 heavy (non-hydrogen) atoms. The van der Waals surface area contributed by atoms with Gasteiger partial charge in [0.05, 0.1) is 4.92 Å². The minimum Gasteiger partial charge on any atom is -0.457 e. The van der Waals surface area contributed by atoms with Crippen LogP contribution in [0.25, 0.3) is 0 Å². The van der Waals surface area contributed by atoms with Gasteiger partial charge in [0.15, 0.2) is 0 Å². The fourth-order valence-electron chi connectivity index (χ4n) is 3.00. The Kier molecular flexibility index (Phi) is 6.14. The molecule has 0 saturated heterocycles. The van der Waals surface area contributed by atoms with E-state index >= 15 is 0 Å². The number of nitro groups is 1. The van der Waals surface area contributed by atoms with Crippen LogP contribution in [0.4, 0.5) is 28.7 Å². The van der Waals surface area contributed by atoms with Gasteiger partial charge in [-0.15, -0.1) is 0 Å². The van der Waals surface area contributed by atoms with Crippen molar-refractivity contribution in [2.75, 3.05) is 10.6 Å². The monoisotopic (exact) mass is 447 g/mol. The molecule has 0 spiro atoms. The molecular weight excluding hydrogens is 430 g/mol. The van der Waals surface area contributed by atoms with Crippen molar-refractivity contribution in [2.24, 2.45) is 0 Å². The van der Waals surface area contributed by atoms with E-state index in [0.717, 1.165) is 5.56 Å². The SMILES string of the molecule is Cc1cc(Cl)ccc1Nc1ncnc(Nc2ccc(Oc3ccccc3)cc2)c1[N+](=O)[O-]. The second-order valence-corrected chi connectivity index (χ2v) is 7.26. The normalized spacial score (nSPS) is 10.4. The van der Waals surface area contributed by atoms with Crippen molar-refractivity contribution in [2.45, 2.75) is 6.92 Å². The lowest BCUT2D eigenvalue weighted by atomic mass is 10.2. The second kappa shape index (κ2) is 9.32. The standard InChI is InChI=1S/C23H18ClN5O3/c1-15-13-16(24)7-12-20(15)28-23-21(29(30)31)22(25-14-26-23)27-17-8-10-19(11-9-17)32-18-5-3-2-4-6-18/h2-14H,1H3,(H2,25,26,27,28). The highest BCUT2D eigenvalue weighted by molar-refractivity contribution is 6.30. The number of nitrogens with one attached hydrogen (secondary N) is 2. The summed E-state index contributed by atoms with van der Waals surface area (Å²) in [5, 5.41) is 18.4. The predicted octanol–water partition coefficient (Wildman–Crippen LogP) is 6.63. The van der Waals surface area contributed by atoms with E-state index in [1.807, 2.05) is 37.3 Å². The molecule has 4 rings (SSSR count). The van der Waals surface area contributed by atoms with E-state index in [9.17, 15) is 10.1 Å². The number of hydrogen-bond donors (Lipinski definition) is 2. The lowest BCUT2D eigenvalue weighted by Crippen LogP contribution is -2.06. The van der Waals surface area contributed by atoms with Gasteiger partial charge in [-0.25, -0.2) is 9.97 Å². The number of anilines is 4. The first-order chi connectivity index (χ1) is 15.5. The Morgan fingerprint density at radius 1 is 0.906 bits per heavy atom. The molecule has 8 nitrogen and oxygen atoms in total. The van der Waals surface area contributed by atoms with Crippen molar-refractivity contribution in [1.29, 1.82) is 0 Å². The minimum atomic E-state index is -0.525. The Hall–Kier alpha value is -4.17. The fraction of sp³-hybridized carbons (Fsp3) is 0.0435. The average molecular weight is 448 g/mol. The molecule has 9 heteroatoms. The highest BCUT2D eigenvalue weighted by Crippen LogP contribution is 2.34. The Bertz CT molecular complexity index is 1250. The first-order valence-electron chi connectivity index (χ1n) is 9.62. The molecule has 0 unspecified atom stereocenters. The molecule has 3 aromatic carbocycles. The molecule has 0 bridgehead atoms. The Balaban J connectivity index is 1.57. The highest BCUT2D eigenvalue weighted by atomic mass is 35.5. The van der Waals surface area contributed by atoms with Crippen LogP contribution in [-0.4, -0.2) is 14.9 Å². The summed E-state index contributed by atoms with van der Waals surface area (Å²) >= 11 is 5.99. The lowest BCUT2D eigenvalue weighted by molar-refractivity contribution is -0.383.